The highest BCUT2D eigenvalue weighted by Crippen LogP contribution is 2.29. The number of nitrogens with zero attached hydrogens (tertiary/aromatic N) is 1. The molecule has 8 atom stereocenters. The Morgan fingerprint density at radius 3 is 1.48 bits per heavy atom. The minimum atomic E-state index is -1.62. The second-order valence-electron chi connectivity index (χ2n) is 18.9. The Kier molecular flexibility index (Phi) is 24.1. The van der Waals surface area contributed by atoms with Crippen LogP contribution in [-0.4, -0.2) is 120 Å². The number of hydrogen-bond donors (Lipinski definition) is 12. The quantitative estimate of drug-likeness (QED) is 0.0220. The van der Waals surface area contributed by atoms with Crippen LogP contribution in [0.5, 0.6) is 0 Å². The smallest absolute Gasteiger partial charge is 0.326 e. The maximum absolute atomic E-state index is 14.7. The fourth-order valence-electron chi connectivity index (χ4n) is 8.80. The number of carboxylic acids is 1. The van der Waals surface area contributed by atoms with Crippen LogP contribution in [0.15, 0.2) is 89.9 Å². The molecule has 16 N–H and O–H groups in total. The molecule has 0 aromatic heterocycles. The van der Waals surface area contributed by atoms with Crippen LogP contribution in [0, 0.1) is 11.8 Å². The van der Waals surface area contributed by atoms with Gasteiger partial charge in [-0.2, -0.15) is 0 Å². The topological polar surface area (TPSA) is 375 Å². The van der Waals surface area contributed by atoms with E-state index in [1.807, 2.05) is 24.3 Å². The number of unbranched alkanes of at least 4 members (excludes halogenated alkanes) is 1. The number of carboxylic acid groups (broad SMARTS) is 1. The van der Waals surface area contributed by atoms with Crippen LogP contribution >= 0.6 is 0 Å². The largest absolute Gasteiger partial charge is 0.480 e. The van der Waals surface area contributed by atoms with Crippen molar-refractivity contribution in [2.45, 2.75) is 134 Å². The van der Waals surface area contributed by atoms with Gasteiger partial charge in [-0.15, -0.1) is 0 Å². The Labute approximate surface area is 437 Å². The first kappa shape index (κ1) is 59.7. The number of amides is 8. The highest BCUT2D eigenvalue weighted by atomic mass is 16.4. The van der Waals surface area contributed by atoms with Gasteiger partial charge in [0.25, 0.3) is 0 Å². The van der Waals surface area contributed by atoms with Gasteiger partial charge in [0.05, 0.1) is 6.42 Å². The monoisotopic (exact) mass is 1040 g/mol. The summed E-state index contributed by atoms with van der Waals surface area (Å²) in [6.07, 6.45) is 1.52. The summed E-state index contributed by atoms with van der Waals surface area (Å²) >= 11 is 0. The van der Waals surface area contributed by atoms with Crippen molar-refractivity contribution in [2.24, 2.45) is 39.8 Å². The molecular formula is C53H74N12O10. The van der Waals surface area contributed by atoms with Crippen molar-refractivity contribution in [3.05, 3.63) is 107 Å². The molecule has 0 fully saturated rings. The van der Waals surface area contributed by atoms with E-state index < -0.39 is 108 Å². The molecule has 8 amide bonds. The third-order valence-electron chi connectivity index (χ3n) is 13.0. The van der Waals surface area contributed by atoms with Crippen LogP contribution in [0.2, 0.25) is 0 Å². The van der Waals surface area contributed by atoms with E-state index in [4.69, 9.17) is 22.9 Å². The average Bonchev–Trinajstić information content (AvgIpc) is 3.81. The zero-order valence-corrected chi connectivity index (χ0v) is 42.8. The lowest BCUT2D eigenvalue weighted by Crippen LogP contribution is -2.61. The third kappa shape index (κ3) is 19.8. The molecule has 0 unspecified atom stereocenters. The molecule has 3 aromatic rings. The van der Waals surface area contributed by atoms with Gasteiger partial charge in [0, 0.05) is 26.3 Å². The van der Waals surface area contributed by atoms with Gasteiger partial charge in [-0.3, -0.25) is 43.3 Å². The van der Waals surface area contributed by atoms with Gasteiger partial charge in [0.1, 0.15) is 42.3 Å². The lowest BCUT2D eigenvalue weighted by Gasteiger charge is -2.29. The van der Waals surface area contributed by atoms with Gasteiger partial charge >= 0.3 is 5.97 Å². The number of carbonyl (C=O) groups is 9. The van der Waals surface area contributed by atoms with Crippen molar-refractivity contribution in [3.63, 3.8) is 0 Å². The van der Waals surface area contributed by atoms with Crippen molar-refractivity contribution >= 4 is 59.2 Å². The van der Waals surface area contributed by atoms with Crippen LogP contribution in [0.3, 0.4) is 0 Å². The summed E-state index contributed by atoms with van der Waals surface area (Å²) in [5.74, 6) is -8.64. The summed E-state index contributed by atoms with van der Waals surface area (Å²) < 4.78 is 0. The molecule has 0 radical (unpaired) electrons. The fourth-order valence-corrected chi connectivity index (χ4v) is 8.80. The van der Waals surface area contributed by atoms with Gasteiger partial charge in [0.2, 0.25) is 47.3 Å². The van der Waals surface area contributed by atoms with Crippen LogP contribution in [0.4, 0.5) is 0 Å². The standard InChI is InChI=1S/C53H74N12O10/c1-4-31(2)44(52(74)75)65-50(72)42(30-43(55)67)64-46(68)38(22-13-14-24-54)60-48(70)40(26-33-16-7-5-8-17-33)63-49(71)41(27-34-18-9-6-10-19-34)62-47(69)39(23-15-25-58-53(56)57)61-51(73)45(59-32(3)66)37-28-35-20-11-12-21-36(35)29-37/h5-12,16-21,31,37-42,44-45H,4,13-15,22-30,54H2,1-3H3,(H2,55,67)(H,59,66)(H,60,70)(H,61,73)(H,62,69)(H,63,71)(H,64,68)(H,65,72)(H,74,75)(H4,56,57,58)/t31-,38-,39-,40-,41-,42-,44-,45-/m0/s1. The fraction of sp³-hybridized carbons (Fsp3) is 0.472. The van der Waals surface area contributed by atoms with E-state index in [1.54, 1.807) is 74.5 Å². The second-order valence-corrected chi connectivity index (χ2v) is 18.9. The molecule has 0 heterocycles. The van der Waals surface area contributed by atoms with Crippen molar-refractivity contribution in [1.29, 1.82) is 0 Å². The van der Waals surface area contributed by atoms with E-state index in [2.05, 4.69) is 42.2 Å². The summed E-state index contributed by atoms with van der Waals surface area (Å²) in [5.41, 5.74) is 25.7. The highest BCUT2D eigenvalue weighted by molar-refractivity contribution is 5.98. The number of rotatable bonds is 31. The molecule has 0 bridgehead atoms. The van der Waals surface area contributed by atoms with Gasteiger partial charge in [-0.1, -0.05) is 105 Å². The van der Waals surface area contributed by atoms with E-state index in [-0.39, 0.29) is 57.1 Å². The molecule has 22 nitrogen and oxygen atoms in total. The van der Waals surface area contributed by atoms with Crippen molar-refractivity contribution < 1.29 is 48.3 Å². The zero-order valence-electron chi connectivity index (χ0n) is 42.8. The van der Waals surface area contributed by atoms with E-state index in [9.17, 15) is 48.3 Å². The Morgan fingerprint density at radius 2 is 1.03 bits per heavy atom. The third-order valence-corrected chi connectivity index (χ3v) is 13.0. The first-order valence-electron chi connectivity index (χ1n) is 25.3. The predicted octanol–water partition coefficient (Wildman–Crippen LogP) is -0.511. The summed E-state index contributed by atoms with van der Waals surface area (Å²) in [4.78, 5) is 126. The number of aliphatic carboxylic acids is 1. The molecule has 0 spiro atoms. The molecule has 75 heavy (non-hydrogen) atoms. The number of primary amides is 1. The molecule has 22 heteroatoms. The van der Waals surface area contributed by atoms with Crippen LogP contribution in [0.1, 0.15) is 88.0 Å². The molecular weight excluding hydrogens is 965 g/mol. The predicted molar refractivity (Wildman–Crippen MR) is 281 cm³/mol. The van der Waals surface area contributed by atoms with Gasteiger partial charge in [0.15, 0.2) is 5.96 Å². The number of fused-ring (bicyclic) bond motifs is 1. The average molecular weight is 1040 g/mol. The van der Waals surface area contributed by atoms with Crippen LogP contribution < -0.4 is 60.2 Å². The van der Waals surface area contributed by atoms with Crippen LogP contribution in [-0.2, 0) is 68.8 Å². The number of aliphatic imine (C=N–C) groups is 1. The lowest BCUT2D eigenvalue weighted by molar-refractivity contribution is -0.144. The minimum Gasteiger partial charge on any atom is -0.480 e. The van der Waals surface area contributed by atoms with Crippen molar-refractivity contribution in [1.82, 2.24) is 37.2 Å². The van der Waals surface area contributed by atoms with Gasteiger partial charge < -0.3 is 65.3 Å². The molecule has 4 rings (SSSR count). The number of hydrogen-bond acceptors (Lipinski definition) is 11. The number of guanidine groups is 1. The molecule has 1 aliphatic carbocycles. The normalized spacial score (nSPS) is 15.1. The van der Waals surface area contributed by atoms with Gasteiger partial charge in [-0.05, 0) is 85.6 Å². The maximum Gasteiger partial charge on any atom is 0.326 e. The second kappa shape index (κ2) is 30.3. The SMILES string of the molecule is CC[C@H](C)[C@H](NC(=O)[C@H](CC(N)=O)NC(=O)[C@H](CCCCN)NC(=O)[C@H](Cc1ccccc1)NC(=O)[C@H](Cc1ccccc1)NC(=O)[C@H](CCCN=C(N)N)NC(=O)[C@@H](NC(C)=O)C1Cc2ccccc2C1)C(=O)O. The summed E-state index contributed by atoms with van der Waals surface area (Å²) in [6, 6.07) is 15.8. The Morgan fingerprint density at radius 1 is 0.587 bits per heavy atom. The number of carbonyl (C=O) groups excluding carboxylic acids is 8. The van der Waals surface area contributed by atoms with Gasteiger partial charge in [-0.25, -0.2) is 4.79 Å². The Hall–Kier alpha value is -7.88. The minimum absolute atomic E-state index is 0.00420. The van der Waals surface area contributed by atoms with E-state index in [1.165, 1.54) is 6.92 Å². The van der Waals surface area contributed by atoms with E-state index in [0.717, 1.165) is 11.1 Å². The number of benzene rings is 3. The summed E-state index contributed by atoms with van der Waals surface area (Å²) in [5, 5.41) is 28.6. The Balaban J connectivity index is 1.65. The number of nitrogens with one attached hydrogen (secondary N) is 7. The van der Waals surface area contributed by atoms with Crippen molar-refractivity contribution in [3.8, 4) is 0 Å². The molecule has 0 aliphatic heterocycles. The summed E-state index contributed by atoms with van der Waals surface area (Å²) in [7, 11) is 0. The summed E-state index contributed by atoms with van der Waals surface area (Å²) in [6.45, 7) is 5.00. The van der Waals surface area contributed by atoms with E-state index >= 15 is 0 Å². The molecule has 1 aliphatic rings. The molecule has 0 saturated heterocycles. The van der Waals surface area contributed by atoms with E-state index in [0.29, 0.717) is 43.2 Å². The first-order valence-corrected chi connectivity index (χ1v) is 25.3. The number of nitrogens with two attached hydrogens (primary N) is 4. The molecule has 406 valence electrons. The lowest BCUT2D eigenvalue weighted by atomic mass is 9.95. The Bertz CT molecular complexity index is 2430. The maximum atomic E-state index is 14.7. The zero-order chi connectivity index (χ0) is 55.0. The van der Waals surface area contributed by atoms with Crippen molar-refractivity contribution in [2.75, 3.05) is 13.1 Å². The molecule has 3 aromatic carbocycles. The highest BCUT2D eigenvalue weighted by Gasteiger charge is 2.38. The van der Waals surface area contributed by atoms with Crippen LogP contribution in [0.25, 0.3) is 0 Å². The first-order chi connectivity index (χ1) is 35.8. The molecule has 0 saturated carbocycles.